The summed E-state index contributed by atoms with van der Waals surface area (Å²) in [5.41, 5.74) is 7.13. The summed E-state index contributed by atoms with van der Waals surface area (Å²) in [6.07, 6.45) is 3.45. The first kappa shape index (κ1) is 19.5. The fourth-order valence-corrected chi connectivity index (χ4v) is 3.14. The normalized spacial score (nSPS) is 11.1. The summed E-state index contributed by atoms with van der Waals surface area (Å²) >= 11 is 15.5. The Morgan fingerprint density at radius 1 is 1.15 bits per heavy atom. The van der Waals surface area contributed by atoms with Crippen molar-refractivity contribution in [3.8, 4) is 11.5 Å². The minimum absolute atomic E-state index is 0.0134. The Kier molecular flexibility index (Phi) is 6.26. The van der Waals surface area contributed by atoms with Crippen molar-refractivity contribution in [1.82, 2.24) is 10.2 Å². The molecule has 0 spiro atoms. The summed E-state index contributed by atoms with van der Waals surface area (Å²) in [6, 6.07) is 9.06. The zero-order valence-corrected chi connectivity index (χ0v) is 17.2. The molecule has 0 saturated heterocycles. The lowest BCUT2D eigenvalue weighted by Crippen LogP contribution is -1.99. The van der Waals surface area contributed by atoms with E-state index in [1.807, 2.05) is 18.2 Å². The van der Waals surface area contributed by atoms with Crippen LogP contribution in [0.4, 0.5) is 6.01 Å². The zero-order valence-electron chi connectivity index (χ0n) is 14.1. The Morgan fingerprint density at radius 2 is 1.96 bits per heavy atom. The van der Waals surface area contributed by atoms with Crippen molar-refractivity contribution < 1.29 is 13.9 Å². The molecule has 140 valence electrons. The number of aromatic nitrogens is 2. The van der Waals surface area contributed by atoms with Gasteiger partial charge in [-0.2, -0.15) is 0 Å². The molecule has 0 bridgehead atoms. The first-order valence-electron chi connectivity index (χ1n) is 7.67. The van der Waals surface area contributed by atoms with E-state index in [1.165, 1.54) is 0 Å². The molecule has 0 aliphatic heterocycles. The molecule has 2 aromatic carbocycles. The lowest BCUT2D eigenvalue weighted by atomic mass is 10.2. The maximum Gasteiger partial charge on any atom is 0.313 e. The standard InChI is InChI=1S/C18H14BrCl2N3O3/c1-25-15-8-10(3-5-16-23-24-18(22)27-16)6-12(19)17(15)26-9-11-2-4-13(20)14(21)7-11/h2-8H,9H2,1H3,(H2,22,24)/b5-3+. The van der Waals surface area contributed by atoms with Gasteiger partial charge >= 0.3 is 6.01 Å². The molecule has 2 N–H and O–H groups in total. The summed E-state index contributed by atoms with van der Waals surface area (Å²) in [5.74, 6) is 1.44. The molecule has 1 aromatic heterocycles. The number of nitrogens with two attached hydrogens (primary N) is 1. The SMILES string of the molecule is COc1cc(/C=C/c2nnc(N)o2)cc(Br)c1OCc1ccc(Cl)c(Cl)c1. The van der Waals surface area contributed by atoms with Crippen molar-refractivity contribution >= 4 is 57.3 Å². The Labute approximate surface area is 174 Å². The number of hydrogen-bond donors (Lipinski definition) is 1. The van der Waals surface area contributed by atoms with E-state index in [9.17, 15) is 0 Å². The van der Waals surface area contributed by atoms with E-state index in [2.05, 4.69) is 26.1 Å². The predicted molar refractivity (Wildman–Crippen MR) is 109 cm³/mol. The number of ether oxygens (including phenoxy) is 2. The van der Waals surface area contributed by atoms with E-state index in [-0.39, 0.29) is 6.01 Å². The van der Waals surface area contributed by atoms with Crippen LogP contribution in [0.25, 0.3) is 12.2 Å². The van der Waals surface area contributed by atoms with Gasteiger partial charge in [0.25, 0.3) is 0 Å². The van der Waals surface area contributed by atoms with Crippen LogP contribution >= 0.6 is 39.1 Å². The van der Waals surface area contributed by atoms with Gasteiger partial charge in [-0.05, 0) is 57.4 Å². The van der Waals surface area contributed by atoms with Crippen LogP contribution in [0.5, 0.6) is 11.5 Å². The molecular weight excluding hydrogens is 457 g/mol. The molecule has 3 aromatic rings. The number of rotatable bonds is 6. The third-order valence-corrected chi connectivity index (χ3v) is 4.82. The van der Waals surface area contributed by atoms with Gasteiger partial charge in [0, 0.05) is 6.08 Å². The molecule has 3 rings (SSSR count). The Morgan fingerprint density at radius 3 is 2.63 bits per heavy atom. The first-order chi connectivity index (χ1) is 13.0. The highest BCUT2D eigenvalue weighted by molar-refractivity contribution is 9.10. The lowest BCUT2D eigenvalue weighted by Gasteiger charge is -2.14. The second-order valence-electron chi connectivity index (χ2n) is 5.38. The van der Waals surface area contributed by atoms with Gasteiger partial charge in [-0.25, -0.2) is 0 Å². The second kappa shape index (κ2) is 8.65. The van der Waals surface area contributed by atoms with Crippen molar-refractivity contribution in [2.75, 3.05) is 12.8 Å². The van der Waals surface area contributed by atoms with Gasteiger partial charge in [0.1, 0.15) is 6.61 Å². The van der Waals surface area contributed by atoms with Gasteiger partial charge in [0.15, 0.2) is 11.5 Å². The maximum atomic E-state index is 6.04. The van der Waals surface area contributed by atoms with Gasteiger partial charge in [-0.3, -0.25) is 0 Å². The van der Waals surface area contributed by atoms with Crippen molar-refractivity contribution in [1.29, 1.82) is 0 Å². The predicted octanol–water partition coefficient (Wildman–Crippen LogP) is 5.48. The highest BCUT2D eigenvalue weighted by Crippen LogP contribution is 2.38. The van der Waals surface area contributed by atoms with Crippen LogP contribution in [0, 0.1) is 0 Å². The summed E-state index contributed by atoms with van der Waals surface area (Å²) < 4.78 is 17.2. The van der Waals surface area contributed by atoms with Crippen molar-refractivity contribution in [3.05, 3.63) is 61.9 Å². The van der Waals surface area contributed by atoms with Crippen LogP contribution in [-0.2, 0) is 6.61 Å². The lowest BCUT2D eigenvalue weighted by molar-refractivity contribution is 0.282. The number of methoxy groups -OCH3 is 1. The first-order valence-corrected chi connectivity index (χ1v) is 9.22. The molecule has 9 heteroatoms. The zero-order chi connectivity index (χ0) is 19.4. The molecule has 0 fully saturated rings. The van der Waals surface area contributed by atoms with E-state index in [4.69, 9.17) is 42.8 Å². The molecule has 0 saturated carbocycles. The van der Waals surface area contributed by atoms with Crippen molar-refractivity contribution in [3.63, 3.8) is 0 Å². The molecule has 0 aliphatic rings. The average molecular weight is 471 g/mol. The summed E-state index contributed by atoms with van der Waals surface area (Å²) in [5, 5.41) is 8.35. The largest absolute Gasteiger partial charge is 0.493 e. The van der Waals surface area contributed by atoms with Gasteiger partial charge in [0.05, 0.1) is 21.6 Å². The topological polar surface area (TPSA) is 83.4 Å². The summed E-state index contributed by atoms with van der Waals surface area (Å²) in [6.45, 7) is 0.308. The van der Waals surface area contributed by atoms with Crippen LogP contribution < -0.4 is 15.2 Å². The van der Waals surface area contributed by atoms with Crippen LogP contribution in [0.1, 0.15) is 17.0 Å². The van der Waals surface area contributed by atoms with Crippen LogP contribution in [0.15, 0.2) is 39.2 Å². The average Bonchev–Trinajstić information content (AvgIpc) is 3.06. The Hall–Kier alpha value is -2.22. The molecule has 1 heterocycles. The highest BCUT2D eigenvalue weighted by Gasteiger charge is 2.12. The highest BCUT2D eigenvalue weighted by atomic mass is 79.9. The van der Waals surface area contributed by atoms with Gasteiger partial charge < -0.3 is 19.6 Å². The number of nitrogens with zero attached hydrogens (tertiary/aromatic N) is 2. The monoisotopic (exact) mass is 469 g/mol. The number of nitrogen functional groups attached to an aromatic ring is 1. The molecule has 0 atom stereocenters. The molecule has 6 nitrogen and oxygen atoms in total. The minimum Gasteiger partial charge on any atom is -0.493 e. The van der Waals surface area contributed by atoms with E-state index in [0.29, 0.717) is 34.0 Å². The van der Waals surface area contributed by atoms with Crippen LogP contribution in [-0.4, -0.2) is 17.3 Å². The van der Waals surface area contributed by atoms with Crippen LogP contribution in [0.3, 0.4) is 0 Å². The number of anilines is 1. The van der Waals surface area contributed by atoms with E-state index < -0.39 is 0 Å². The van der Waals surface area contributed by atoms with Crippen LogP contribution in [0.2, 0.25) is 10.0 Å². The van der Waals surface area contributed by atoms with E-state index >= 15 is 0 Å². The minimum atomic E-state index is 0.0134. The van der Waals surface area contributed by atoms with Crippen molar-refractivity contribution in [2.45, 2.75) is 6.61 Å². The molecule has 27 heavy (non-hydrogen) atoms. The molecule has 0 aliphatic carbocycles. The number of halogens is 3. The van der Waals surface area contributed by atoms with E-state index in [1.54, 1.807) is 31.4 Å². The second-order valence-corrected chi connectivity index (χ2v) is 7.05. The van der Waals surface area contributed by atoms with Gasteiger partial charge in [0.2, 0.25) is 5.89 Å². The van der Waals surface area contributed by atoms with Crippen molar-refractivity contribution in [2.24, 2.45) is 0 Å². The quantitative estimate of drug-likeness (QED) is 0.513. The Balaban J connectivity index is 1.79. The summed E-state index contributed by atoms with van der Waals surface area (Å²) in [4.78, 5) is 0. The van der Waals surface area contributed by atoms with E-state index in [0.717, 1.165) is 15.6 Å². The van der Waals surface area contributed by atoms with Gasteiger partial charge in [-0.1, -0.05) is 34.4 Å². The third kappa shape index (κ3) is 4.94. The molecule has 0 unspecified atom stereocenters. The smallest absolute Gasteiger partial charge is 0.313 e. The Bertz CT molecular complexity index is 992. The fourth-order valence-electron chi connectivity index (χ4n) is 2.24. The summed E-state index contributed by atoms with van der Waals surface area (Å²) in [7, 11) is 1.57. The van der Waals surface area contributed by atoms with Gasteiger partial charge in [-0.15, -0.1) is 5.10 Å². The fraction of sp³-hybridized carbons (Fsp3) is 0.111. The number of hydrogen-bond acceptors (Lipinski definition) is 6. The molecule has 0 radical (unpaired) electrons. The third-order valence-electron chi connectivity index (χ3n) is 3.49. The maximum absolute atomic E-state index is 6.04. The number of benzene rings is 2. The molecular formula is C18H14BrCl2N3O3. The molecule has 0 amide bonds.